The quantitative estimate of drug-likeness (QED) is 0.165. The number of hydrogen-bond acceptors (Lipinski definition) is 5. The summed E-state index contributed by atoms with van der Waals surface area (Å²) in [7, 11) is 0. The van der Waals surface area contributed by atoms with Gasteiger partial charge in [0.2, 0.25) is 5.69 Å². The summed E-state index contributed by atoms with van der Waals surface area (Å²) in [6.45, 7) is 8.38. The Kier molecular flexibility index (Phi) is 7.66. The molecule has 6 aromatic carbocycles. The Bertz CT molecular complexity index is 2690. The number of benzene rings is 6. The van der Waals surface area contributed by atoms with E-state index in [1.807, 2.05) is 109 Å². The predicted molar refractivity (Wildman–Crippen MR) is 209 cm³/mol. The molecule has 9 aromatic rings. The number of pyridine rings is 1. The van der Waals surface area contributed by atoms with Gasteiger partial charge in [0.15, 0.2) is 17.5 Å². The highest BCUT2D eigenvalue weighted by Crippen LogP contribution is 2.50. The average molecular weight is 670 g/mol. The van der Waals surface area contributed by atoms with Gasteiger partial charge in [0.25, 0.3) is 0 Å². The van der Waals surface area contributed by atoms with Gasteiger partial charge in [-0.1, -0.05) is 146 Å². The van der Waals surface area contributed by atoms with Crippen LogP contribution in [0.4, 0.5) is 5.69 Å². The zero-order valence-electron chi connectivity index (χ0n) is 27.2. The summed E-state index contributed by atoms with van der Waals surface area (Å²) >= 11 is 1.66. The van der Waals surface area contributed by atoms with Crippen LogP contribution in [0.25, 0.3) is 92.8 Å². The van der Waals surface area contributed by atoms with Crippen LogP contribution in [0.5, 0.6) is 0 Å². The van der Waals surface area contributed by atoms with E-state index in [2.05, 4.69) is 59.4 Å². The highest BCUT2D eigenvalue weighted by Gasteiger charge is 2.22. The molecule has 51 heavy (non-hydrogen) atoms. The molecule has 0 radical (unpaired) electrons. The minimum Gasteiger partial charge on any atom is -0.248 e. The van der Waals surface area contributed by atoms with Crippen molar-refractivity contribution in [2.24, 2.45) is 0 Å². The van der Waals surface area contributed by atoms with Crippen molar-refractivity contribution in [3.05, 3.63) is 175 Å². The lowest BCUT2D eigenvalue weighted by atomic mass is 9.99. The molecule has 0 aliphatic carbocycles. The van der Waals surface area contributed by atoms with Gasteiger partial charge in [-0.15, -0.1) is 11.3 Å². The maximum atomic E-state index is 8.38. The summed E-state index contributed by atoms with van der Waals surface area (Å²) in [6.07, 6.45) is 0. The first kappa shape index (κ1) is 30.3. The third kappa shape index (κ3) is 5.62. The van der Waals surface area contributed by atoms with Crippen LogP contribution in [-0.2, 0) is 0 Å². The summed E-state index contributed by atoms with van der Waals surface area (Å²) in [5.74, 6) is 1.86. The van der Waals surface area contributed by atoms with Crippen molar-refractivity contribution in [3.63, 3.8) is 0 Å². The molecule has 0 saturated heterocycles. The zero-order chi connectivity index (χ0) is 34.1. The molecule has 3 aromatic heterocycles. The Morgan fingerprint density at radius 2 is 0.902 bits per heavy atom. The highest BCUT2D eigenvalue weighted by atomic mass is 32.1. The summed E-state index contributed by atoms with van der Waals surface area (Å²) in [4.78, 5) is 24.9. The van der Waals surface area contributed by atoms with Gasteiger partial charge in [0, 0.05) is 37.0 Å². The topological polar surface area (TPSA) is 55.9 Å². The fourth-order valence-electron chi connectivity index (χ4n) is 6.49. The molecule has 0 aliphatic rings. The van der Waals surface area contributed by atoms with E-state index in [4.69, 9.17) is 26.5 Å². The number of fused-ring (bicyclic) bond motifs is 3. The lowest BCUT2D eigenvalue weighted by Gasteiger charge is -2.10. The van der Waals surface area contributed by atoms with Gasteiger partial charge in [-0.05, 0) is 40.5 Å². The minimum atomic E-state index is 0.605. The lowest BCUT2D eigenvalue weighted by Crippen LogP contribution is -2.00. The fourth-order valence-corrected chi connectivity index (χ4v) is 7.77. The predicted octanol–water partition coefficient (Wildman–Crippen LogP) is 12.2. The van der Waals surface area contributed by atoms with Gasteiger partial charge in [0.05, 0.1) is 17.8 Å². The molecule has 5 nitrogen and oxygen atoms in total. The molecule has 0 atom stereocenters. The summed E-state index contributed by atoms with van der Waals surface area (Å²) in [5.41, 5.74) is 9.19. The van der Waals surface area contributed by atoms with Crippen LogP contribution in [0, 0.1) is 6.57 Å². The molecule has 0 aliphatic heterocycles. The van der Waals surface area contributed by atoms with Gasteiger partial charge < -0.3 is 0 Å². The minimum absolute atomic E-state index is 0.605. The van der Waals surface area contributed by atoms with Gasteiger partial charge >= 0.3 is 0 Å². The second kappa shape index (κ2) is 12.9. The molecule has 3 heterocycles. The number of nitrogens with zero attached hydrogens (tertiary/aromatic N) is 5. The Balaban J connectivity index is 1.17. The molecule has 9 rings (SSSR count). The van der Waals surface area contributed by atoms with Crippen LogP contribution < -0.4 is 0 Å². The van der Waals surface area contributed by atoms with E-state index in [0.29, 0.717) is 23.2 Å². The fraction of sp³-hybridized carbons (Fsp3) is 0. The highest BCUT2D eigenvalue weighted by molar-refractivity contribution is 7.24. The Morgan fingerprint density at radius 1 is 0.431 bits per heavy atom. The molecule has 238 valence electrons. The van der Waals surface area contributed by atoms with Crippen LogP contribution in [0.1, 0.15) is 0 Å². The Labute approximate surface area is 299 Å². The third-order valence-corrected chi connectivity index (χ3v) is 10.2. The van der Waals surface area contributed by atoms with E-state index in [1.54, 1.807) is 11.3 Å². The maximum absolute atomic E-state index is 8.38. The van der Waals surface area contributed by atoms with Gasteiger partial charge in [0.1, 0.15) is 0 Å². The molecule has 0 N–H and O–H groups in total. The molecular weight excluding hydrogens is 643 g/mol. The van der Waals surface area contributed by atoms with Gasteiger partial charge in [-0.25, -0.2) is 24.8 Å². The molecular formula is C45H27N5S. The van der Waals surface area contributed by atoms with Crippen LogP contribution in [0.15, 0.2) is 164 Å². The molecule has 0 amide bonds. The summed E-state index contributed by atoms with van der Waals surface area (Å²) in [5, 5.41) is 1.96. The van der Waals surface area contributed by atoms with Crippen molar-refractivity contribution in [2.45, 2.75) is 0 Å². The van der Waals surface area contributed by atoms with E-state index in [-0.39, 0.29) is 0 Å². The normalized spacial score (nSPS) is 11.1. The van der Waals surface area contributed by atoms with Gasteiger partial charge in [-0.2, -0.15) is 0 Å². The van der Waals surface area contributed by atoms with Crippen LogP contribution in [0.3, 0.4) is 0 Å². The molecule has 0 spiro atoms. The number of thiophene rings is 1. The zero-order valence-corrected chi connectivity index (χ0v) is 28.0. The maximum Gasteiger partial charge on any atom is 0.215 e. The number of rotatable bonds is 6. The van der Waals surface area contributed by atoms with Crippen LogP contribution in [-0.4, -0.2) is 19.9 Å². The standard InChI is InChI=1S/C45H27N5S/c1-46-40-38-39(29-15-5-2-6-16-29)47-37-26-12-11-25-36(37)42(38)51-41(40)34-23-13-21-32(27-34)33-22-14-24-35(28-33)45-49-43(30-17-7-3-8-18-30)48-44(50-45)31-19-9-4-10-20-31/h2-28H. The van der Waals surface area contributed by atoms with Crippen molar-refractivity contribution in [1.82, 2.24) is 19.9 Å². The summed E-state index contributed by atoms with van der Waals surface area (Å²) < 4.78 is 1.08. The van der Waals surface area contributed by atoms with Crippen molar-refractivity contribution in [3.8, 4) is 67.0 Å². The van der Waals surface area contributed by atoms with Crippen LogP contribution >= 0.6 is 11.3 Å². The molecule has 0 saturated carbocycles. The van der Waals surface area contributed by atoms with Crippen molar-refractivity contribution in [2.75, 3.05) is 0 Å². The number of aromatic nitrogens is 4. The first-order valence-electron chi connectivity index (χ1n) is 16.6. The number of hydrogen-bond donors (Lipinski definition) is 0. The largest absolute Gasteiger partial charge is 0.248 e. The van der Waals surface area contributed by atoms with E-state index in [0.717, 1.165) is 70.5 Å². The second-order valence-electron chi connectivity index (χ2n) is 12.1. The monoisotopic (exact) mass is 669 g/mol. The number of para-hydroxylation sites is 1. The lowest BCUT2D eigenvalue weighted by molar-refractivity contribution is 1.07. The summed E-state index contributed by atoms with van der Waals surface area (Å²) in [6, 6.07) is 55.1. The molecule has 0 unspecified atom stereocenters. The first-order chi connectivity index (χ1) is 25.2. The van der Waals surface area contributed by atoms with E-state index in [9.17, 15) is 0 Å². The SMILES string of the molecule is [C-]#[N+]c1c(-c2cccc(-c3cccc(-c4nc(-c5ccccc5)nc(-c5ccccc5)n4)c3)c2)sc2c1c(-c1ccccc1)nc1ccccc12. The second-order valence-corrected chi connectivity index (χ2v) is 13.2. The Morgan fingerprint density at radius 3 is 1.51 bits per heavy atom. The third-order valence-electron chi connectivity index (χ3n) is 8.94. The average Bonchev–Trinajstić information content (AvgIpc) is 3.62. The van der Waals surface area contributed by atoms with Gasteiger partial charge in [-0.3, -0.25) is 0 Å². The van der Waals surface area contributed by atoms with E-state index in [1.165, 1.54) is 0 Å². The molecule has 0 bridgehead atoms. The van der Waals surface area contributed by atoms with E-state index >= 15 is 0 Å². The molecule has 6 heteroatoms. The molecule has 0 fully saturated rings. The first-order valence-corrected chi connectivity index (χ1v) is 17.4. The Hall–Kier alpha value is -6.81. The van der Waals surface area contributed by atoms with E-state index < -0.39 is 0 Å². The van der Waals surface area contributed by atoms with Crippen LogP contribution in [0.2, 0.25) is 0 Å². The van der Waals surface area contributed by atoms with Crippen molar-refractivity contribution >= 4 is 38.0 Å². The van der Waals surface area contributed by atoms with Crippen molar-refractivity contribution in [1.29, 1.82) is 0 Å². The van der Waals surface area contributed by atoms with Crippen molar-refractivity contribution < 1.29 is 0 Å². The smallest absolute Gasteiger partial charge is 0.215 e.